The van der Waals surface area contributed by atoms with Gasteiger partial charge in [-0.1, -0.05) is 19.6 Å². The average molecular weight is 347 g/mol. The molecule has 0 spiro atoms. The molecule has 134 valence electrons. The van der Waals surface area contributed by atoms with Gasteiger partial charge in [0, 0.05) is 41.4 Å². The molecular weight excluding hydrogens is 322 g/mol. The van der Waals surface area contributed by atoms with Crippen LogP contribution in [0.1, 0.15) is 18.8 Å². The molecule has 5 heteroatoms. The lowest BCUT2D eigenvalue weighted by molar-refractivity contribution is 0.364. The number of nitrogens with one attached hydrogen (secondary N) is 2. The van der Waals surface area contributed by atoms with E-state index in [1.54, 1.807) is 6.20 Å². The number of H-pyrrole nitrogens is 2. The Kier molecular flexibility index (Phi) is 4.91. The zero-order valence-electron chi connectivity index (χ0n) is 14.5. The maximum atomic E-state index is 4.42. The van der Waals surface area contributed by atoms with Gasteiger partial charge in [-0.3, -0.25) is 4.90 Å². The van der Waals surface area contributed by atoms with Crippen LogP contribution in [0.15, 0.2) is 49.2 Å². The number of benzene rings is 1. The maximum Gasteiger partial charge on any atom is 0.178 e. The molecule has 0 bridgehead atoms. The zero-order chi connectivity index (χ0) is 17.4. The summed E-state index contributed by atoms with van der Waals surface area (Å²) in [7, 11) is 2.10. The van der Waals surface area contributed by atoms with Crippen molar-refractivity contribution in [3.8, 4) is 11.3 Å². The Labute approximate surface area is 153 Å². The van der Waals surface area contributed by atoms with E-state index in [0.717, 1.165) is 46.9 Å². The molecule has 1 aromatic carbocycles. The largest absolute Gasteiger partial charge is 0.354 e. The van der Waals surface area contributed by atoms with E-state index in [0.29, 0.717) is 0 Å². The number of aromatic amines is 2. The number of likely N-dealkylation sites (N-methyl/N-ethyl adjacent to an activating group) is 1. The zero-order valence-corrected chi connectivity index (χ0v) is 14.5. The van der Waals surface area contributed by atoms with Crippen LogP contribution >= 0.6 is 0 Å². The topological polar surface area (TPSA) is 60.6 Å². The van der Waals surface area contributed by atoms with Gasteiger partial charge in [-0.05, 0) is 43.8 Å². The molecule has 0 radical (unpaired) electrons. The molecule has 4 aromatic rings. The third-order valence-corrected chi connectivity index (χ3v) is 4.38. The van der Waals surface area contributed by atoms with E-state index in [2.05, 4.69) is 62.7 Å². The van der Waals surface area contributed by atoms with Crippen molar-refractivity contribution < 1.29 is 0 Å². The fraction of sp³-hybridized carbons (Fsp3) is 0.238. The SMILES string of the molecule is C.C=CCN(C)Cc1ccc2[nH]c(-c3ccnc4nc(C)[nH]c34)cc2c1. The fourth-order valence-corrected chi connectivity index (χ4v) is 3.27. The summed E-state index contributed by atoms with van der Waals surface area (Å²) in [5.74, 6) is 0.874. The molecule has 0 saturated carbocycles. The molecular formula is C21H25N5. The summed E-state index contributed by atoms with van der Waals surface area (Å²) in [6.45, 7) is 7.53. The quantitative estimate of drug-likeness (QED) is 0.516. The fourth-order valence-electron chi connectivity index (χ4n) is 3.27. The maximum absolute atomic E-state index is 4.42. The normalized spacial score (nSPS) is 11.2. The summed E-state index contributed by atoms with van der Waals surface area (Å²) in [6, 6.07) is 10.8. The second kappa shape index (κ2) is 7.14. The summed E-state index contributed by atoms with van der Waals surface area (Å²) in [5.41, 5.74) is 6.30. The van der Waals surface area contributed by atoms with Gasteiger partial charge in [0.1, 0.15) is 5.82 Å². The van der Waals surface area contributed by atoms with E-state index in [-0.39, 0.29) is 7.43 Å². The van der Waals surface area contributed by atoms with Crippen molar-refractivity contribution in [2.24, 2.45) is 0 Å². The lowest BCUT2D eigenvalue weighted by atomic mass is 10.1. The Balaban J connectivity index is 0.00000196. The number of rotatable bonds is 5. The van der Waals surface area contributed by atoms with Gasteiger partial charge in [-0.15, -0.1) is 6.58 Å². The number of imidazole rings is 1. The summed E-state index contributed by atoms with van der Waals surface area (Å²) in [6.07, 6.45) is 3.73. The van der Waals surface area contributed by atoms with Crippen LogP contribution in [-0.2, 0) is 6.54 Å². The van der Waals surface area contributed by atoms with Crippen molar-refractivity contribution >= 4 is 22.1 Å². The molecule has 3 aromatic heterocycles. The standard InChI is InChI=1S/C20H21N5.CH4/c1-4-9-25(3)12-14-5-6-17-15(10-14)11-18(24-17)16-7-8-21-20-19(16)22-13(2)23-20;/h4-8,10-11,24H,1,9,12H2,2-3H3,(H,21,22,23);1H4. The third kappa shape index (κ3) is 3.26. The first-order chi connectivity index (χ1) is 12.1. The van der Waals surface area contributed by atoms with E-state index < -0.39 is 0 Å². The van der Waals surface area contributed by atoms with Gasteiger partial charge in [0.25, 0.3) is 0 Å². The summed E-state index contributed by atoms with van der Waals surface area (Å²) >= 11 is 0. The van der Waals surface area contributed by atoms with Gasteiger partial charge >= 0.3 is 0 Å². The van der Waals surface area contributed by atoms with Crippen LogP contribution in [0, 0.1) is 6.92 Å². The first-order valence-corrected chi connectivity index (χ1v) is 8.37. The van der Waals surface area contributed by atoms with Crippen molar-refractivity contribution in [1.82, 2.24) is 24.8 Å². The van der Waals surface area contributed by atoms with E-state index in [1.807, 2.05) is 19.1 Å². The Morgan fingerprint density at radius 2 is 2.04 bits per heavy atom. The highest BCUT2D eigenvalue weighted by Crippen LogP contribution is 2.29. The number of fused-ring (bicyclic) bond motifs is 2. The molecule has 0 atom stereocenters. The Morgan fingerprint density at radius 3 is 2.85 bits per heavy atom. The number of aromatic nitrogens is 4. The minimum atomic E-state index is 0. The smallest absolute Gasteiger partial charge is 0.178 e. The second-order valence-electron chi connectivity index (χ2n) is 6.47. The second-order valence-corrected chi connectivity index (χ2v) is 6.47. The molecule has 0 saturated heterocycles. The van der Waals surface area contributed by atoms with Crippen molar-refractivity contribution in [3.63, 3.8) is 0 Å². The molecule has 0 aliphatic carbocycles. The predicted octanol–water partition coefficient (Wildman–Crippen LogP) is 4.67. The van der Waals surface area contributed by atoms with Crippen molar-refractivity contribution in [2.45, 2.75) is 20.9 Å². The highest BCUT2D eigenvalue weighted by molar-refractivity contribution is 5.94. The summed E-state index contributed by atoms with van der Waals surface area (Å²) in [4.78, 5) is 17.8. The van der Waals surface area contributed by atoms with Gasteiger partial charge in [-0.2, -0.15) is 0 Å². The molecule has 0 amide bonds. The highest BCUT2D eigenvalue weighted by Gasteiger charge is 2.11. The number of nitrogens with zero attached hydrogens (tertiary/aromatic N) is 3. The minimum absolute atomic E-state index is 0. The van der Waals surface area contributed by atoms with E-state index in [1.165, 1.54) is 10.9 Å². The van der Waals surface area contributed by atoms with Gasteiger partial charge in [0.15, 0.2) is 5.65 Å². The predicted molar refractivity (Wildman–Crippen MR) is 109 cm³/mol. The first-order valence-electron chi connectivity index (χ1n) is 8.37. The summed E-state index contributed by atoms with van der Waals surface area (Å²) in [5, 5.41) is 1.21. The Hall–Kier alpha value is -2.92. The number of hydrogen-bond donors (Lipinski definition) is 2. The molecule has 4 rings (SSSR count). The van der Waals surface area contributed by atoms with Crippen molar-refractivity contribution in [1.29, 1.82) is 0 Å². The van der Waals surface area contributed by atoms with Crippen LogP contribution in [0.25, 0.3) is 33.3 Å². The minimum Gasteiger partial charge on any atom is -0.354 e. The number of hydrogen-bond acceptors (Lipinski definition) is 3. The van der Waals surface area contributed by atoms with Gasteiger partial charge in [-0.25, -0.2) is 9.97 Å². The van der Waals surface area contributed by atoms with Crippen LogP contribution < -0.4 is 0 Å². The Bertz CT molecular complexity index is 1060. The van der Waals surface area contributed by atoms with Gasteiger partial charge in [0.2, 0.25) is 0 Å². The van der Waals surface area contributed by atoms with Gasteiger partial charge in [0.05, 0.1) is 5.52 Å². The van der Waals surface area contributed by atoms with Crippen LogP contribution in [0.2, 0.25) is 0 Å². The lowest BCUT2D eigenvalue weighted by Crippen LogP contribution is -2.17. The van der Waals surface area contributed by atoms with Crippen LogP contribution in [0.5, 0.6) is 0 Å². The third-order valence-electron chi connectivity index (χ3n) is 4.38. The molecule has 0 unspecified atom stereocenters. The lowest BCUT2D eigenvalue weighted by Gasteiger charge is -2.13. The van der Waals surface area contributed by atoms with Crippen molar-refractivity contribution in [3.05, 3.63) is 60.6 Å². The highest BCUT2D eigenvalue weighted by atomic mass is 15.1. The van der Waals surface area contributed by atoms with E-state index in [4.69, 9.17) is 0 Å². The molecule has 0 aliphatic rings. The van der Waals surface area contributed by atoms with Crippen LogP contribution in [0.4, 0.5) is 0 Å². The van der Waals surface area contributed by atoms with Gasteiger partial charge < -0.3 is 9.97 Å². The Morgan fingerprint density at radius 1 is 1.19 bits per heavy atom. The molecule has 0 fully saturated rings. The molecule has 3 heterocycles. The van der Waals surface area contributed by atoms with Crippen LogP contribution in [-0.4, -0.2) is 38.4 Å². The number of pyridine rings is 1. The summed E-state index contributed by atoms with van der Waals surface area (Å²) < 4.78 is 0. The molecule has 2 N–H and O–H groups in total. The average Bonchev–Trinajstić information content (AvgIpc) is 3.16. The van der Waals surface area contributed by atoms with Crippen LogP contribution in [0.3, 0.4) is 0 Å². The first kappa shape index (κ1) is 17.9. The molecule has 5 nitrogen and oxygen atoms in total. The van der Waals surface area contributed by atoms with E-state index in [9.17, 15) is 0 Å². The van der Waals surface area contributed by atoms with Crippen molar-refractivity contribution in [2.75, 3.05) is 13.6 Å². The molecule has 26 heavy (non-hydrogen) atoms. The monoisotopic (exact) mass is 347 g/mol. The number of aryl methyl sites for hydroxylation is 1. The molecule has 0 aliphatic heterocycles. The van der Waals surface area contributed by atoms with E-state index >= 15 is 0 Å².